The van der Waals surface area contributed by atoms with E-state index < -0.39 is 41.2 Å². The summed E-state index contributed by atoms with van der Waals surface area (Å²) in [5.41, 5.74) is -0.234. The zero-order chi connectivity index (χ0) is 31.9. The Hall–Kier alpha value is -3.43. The summed E-state index contributed by atoms with van der Waals surface area (Å²) < 4.78 is 12.1. The van der Waals surface area contributed by atoms with E-state index in [1.165, 1.54) is 0 Å². The van der Waals surface area contributed by atoms with Crippen molar-refractivity contribution in [2.75, 3.05) is 18.5 Å². The van der Waals surface area contributed by atoms with Crippen LogP contribution in [0.15, 0.2) is 54.6 Å². The normalized spacial score (nSPS) is 26.8. The van der Waals surface area contributed by atoms with E-state index in [2.05, 4.69) is 31.4 Å². The zero-order valence-electron chi connectivity index (χ0n) is 26.8. The topological polar surface area (TPSA) is 117 Å². The van der Waals surface area contributed by atoms with Crippen LogP contribution in [0.3, 0.4) is 0 Å². The quantitative estimate of drug-likeness (QED) is 0.351. The summed E-state index contributed by atoms with van der Waals surface area (Å²) in [4.78, 5) is 44.3. The van der Waals surface area contributed by atoms with E-state index in [0.29, 0.717) is 43.7 Å². The number of amides is 3. The van der Waals surface area contributed by atoms with Crippen molar-refractivity contribution in [3.8, 4) is 5.75 Å². The van der Waals surface area contributed by atoms with Crippen molar-refractivity contribution < 1.29 is 29.0 Å². The smallest absolute Gasteiger partial charge is 0.246 e. The van der Waals surface area contributed by atoms with Gasteiger partial charge < -0.3 is 30.1 Å². The van der Waals surface area contributed by atoms with Crippen molar-refractivity contribution in [1.29, 1.82) is 0 Å². The highest BCUT2D eigenvalue weighted by atomic mass is 16.5. The number of carbonyl (C=O) groups excluding carboxylic acids is 3. The summed E-state index contributed by atoms with van der Waals surface area (Å²) in [6.07, 6.45) is 1.66. The molecule has 0 aliphatic carbocycles. The van der Waals surface area contributed by atoms with Crippen molar-refractivity contribution >= 4 is 23.4 Å². The van der Waals surface area contributed by atoms with Gasteiger partial charge in [-0.2, -0.15) is 0 Å². The molecule has 3 fully saturated rings. The lowest BCUT2D eigenvalue weighted by Crippen LogP contribution is -2.61. The number of aliphatic hydroxyl groups excluding tert-OH is 1. The second-order valence-corrected chi connectivity index (χ2v) is 14.4. The molecule has 44 heavy (non-hydrogen) atoms. The first-order valence-electron chi connectivity index (χ1n) is 15.8. The fourth-order valence-electron chi connectivity index (χ4n) is 8.02. The SMILES string of the molecule is CCOc1ccc(NC(=O)[C@@H]2[C@@H]3CCC4(O3)C(C(=O)NC(C)(C)CC(C)(C)C)N([C@@H](CO)Cc3ccccc3)C(=O)[C@H]24)cc1. The van der Waals surface area contributed by atoms with Crippen LogP contribution in [0.4, 0.5) is 5.69 Å². The van der Waals surface area contributed by atoms with Crippen molar-refractivity contribution in [2.45, 2.75) is 96.6 Å². The van der Waals surface area contributed by atoms with Gasteiger partial charge in [-0.3, -0.25) is 14.4 Å². The molecule has 0 saturated carbocycles. The molecular formula is C35H47N3O6. The van der Waals surface area contributed by atoms with E-state index in [-0.39, 0.29) is 29.7 Å². The monoisotopic (exact) mass is 605 g/mol. The van der Waals surface area contributed by atoms with Crippen LogP contribution < -0.4 is 15.4 Å². The molecule has 1 spiro atoms. The van der Waals surface area contributed by atoms with Crippen LogP contribution in [0.5, 0.6) is 5.75 Å². The van der Waals surface area contributed by atoms with E-state index in [0.717, 1.165) is 5.56 Å². The predicted octanol–water partition coefficient (Wildman–Crippen LogP) is 4.33. The van der Waals surface area contributed by atoms with Gasteiger partial charge in [0.05, 0.1) is 37.2 Å². The molecule has 238 valence electrons. The lowest BCUT2D eigenvalue weighted by molar-refractivity contribution is -0.146. The highest BCUT2D eigenvalue weighted by molar-refractivity contribution is 6.02. The van der Waals surface area contributed by atoms with Crippen LogP contribution in [0.25, 0.3) is 0 Å². The maximum absolute atomic E-state index is 14.5. The first kappa shape index (κ1) is 32.0. The average Bonchev–Trinajstić information content (AvgIpc) is 3.59. The summed E-state index contributed by atoms with van der Waals surface area (Å²) >= 11 is 0. The highest BCUT2D eigenvalue weighted by Gasteiger charge is 2.75. The van der Waals surface area contributed by atoms with Crippen molar-refractivity contribution in [3.05, 3.63) is 60.2 Å². The van der Waals surface area contributed by atoms with Gasteiger partial charge in [-0.25, -0.2) is 0 Å². The van der Waals surface area contributed by atoms with Gasteiger partial charge in [0.15, 0.2) is 0 Å². The molecule has 3 aliphatic rings. The molecule has 2 aromatic rings. The van der Waals surface area contributed by atoms with Crippen LogP contribution in [0.2, 0.25) is 0 Å². The van der Waals surface area contributed by atoms with Gasteiger partial charge in [-0.05, 0) is 81.7 Å². The largest absolute Gasteiger partial charge is 0.494 e. The summed E-state index contributed by atoms with van der Waals surface area (Å²) in [5.74, 6) is -1.84. The van der Waals surface area contributed by atoms with Crippen LogP contribution >= 0.6 is 0 Å². The molecule has 2 bridgehead atoms. The fourth-order valence-corrected chi connectivity index (χ4v) is 8.02. The number of carbonyl (C=O) groups is 3. The maximum Gasteiger partial charge on any atom is 0.246 e. The third-order valence-electron chi connectivity index (χ3n) is 9.07. The number of benzene rings is 2. The van der Waals surface area contributed by atoms with E-state index in [4.69, 9.17) is 9.47 Å². The Labute approximate surface area is 260 Å². The standard InChI is InChI=1S/C35H47N3O6/c1-7-43-25-15-13-23(14-16-25)36-30(40)27-26-17-18-35(44-26)28(27)32(42)38(24(20-39)19-22-11-9-8-10-12-22)29(35)31(41)37-34(5,6)21-33(2,3)4/h8-16,24,26-29,39H,7,17-21H2,1-6H3,(H,36,40)(H,37,41)/t24-,26+,27-,28+,29?,35?/m1/s1. The maximum atomic E-state index is 14.5. The summed E-state index contributed by atoms with van der Waals surface area (Å²) in [7, 11) is 0. The molecule has 0 aromatic heterocycles. The Morgan fingerprint density at radius 3 is 2.36 bits per heavy atom. The number of nitrogens with zero attached hydrogens (tertiary/aromatic N) is 1. The number of likely N-dealkylation sites (tertiary alicyclic amines) is 1. The Bertz CT molecular complexity index is 1350. The lowest BCUT2D eigenvalue weighted by Gasteiger charge is -2.40. The third kappa shape index (κ3) is 6.22. The zero-order valence-corrected chi connectivity index (χ0v) is 26.8. The van der Waals surface area contributed by atoms with E-state index >= 15 is 0 Å². The Morgan fingerprint density at radius 1 is 1.07 bits per heavy atom. The number of hydrogen-bond donors (Lipinski definition) is 3. The molecule has 6 atom stereocenters. The number of rotatable bonds is 11. The van der Waals surface area contributed by atoms with Gasteiger partial charge in [-0.1, -0.05) is 51.1 Å². The number of fused-ring (bicyclic) bond motifs is 1. The van der Waals surface area contributed by atoms with Crippen LogP contribution in [-0.4, -0.2) is 70.3 Å². The molecule has 0 radical (unpaired) electrons. The second-order valence-electron chi connectivity index (χ2n) is 14.4. The van der Waals surface area contributed by atoms with Gasteiger partial charge in [0.2, 0.25) is 17.7 Å². The minimum atomic E-state index is -1.16. The molecular weight excluding hydrogens is 558 g/mol. The van der Waals surface area contributed by atoms with Gasteiger partial charge in [-0.15, -0.1) is 0 Å². The Kier molecular flexibility index (Phi) is 8.84. The summed E-state index contributed by atoms with van der Waals surface area (Å²) in [6.45, 7) is 12.5. The van der Waals surface area contributed by atoms with Gasteiger partial charge in [0, 0.05) is 11.2 Å². The predicted molar refractivity (Wildman–Crippen MR) is 168 cm³/mol. The summed E-state index contributed by atoms with van der Waals surface area (Å²) in [6, 6.07) is 15.1. The minimum Gasteiger partial charge on any atom is -0.494 e. The molecule has 9 heteroatoms. The highest BCUT2D eigenvalue weighted by Crippen LogP contribution is 2.59. The number of hydrogen-bond acceptors (Lipinski definition) is 6. The first-order chi connectivity index (χ1) is 20.8. The van der Waals surface area contributed by atoms with E-state index in [1.807, 2.05) is 51.1 Å². The fraction of sp³-hybridized carbons (Fsp3) is 0.571. The molecule has 2 unspecified atom stereocenters. The third-order valence-corrected chi connectivity index (χ3v) is 9.07. The van der Waals surface area contributed by atoms with Gasteiger partial charge in [0.25, 0.3) is 0 Å². The van der Waals surface area contributed by atoms with Gasteiger partial charge >= 0.3 is 0 Å². The van der Waals surface area contributed by atoms with Crippen LogP contribution in [-0.2, 0) is 25.5 Å². The lowest BCUT2D eigenvalue weighted by atomic mass is 9.70. The minimum absolute atomic E-state index is 0.0455. The molecule has 2 aromatic carbocycles. The number of nitrogens with one attached hydrogen (secondary N) is 2. The van der Waals surface area contributed by atoms with E-state index in [9.17, 15) is 19.5 Å². The van der Waals surface area contributed by atoms with E-state index in [1.54, 1.807) is 29.2 Å². The molecule has 5 rings (SSSR count). The molecule has 9 nitrogen and oxygen atoms in total. The Morgan fingerprint density at radius 2 is 1.75 bits per heavy atom. The summed E-state index contributed by atoms with van der Waals surface area (Å²) in [5, 5.41) is 16.9. The first-order valence-corrected chi connectivity index (χ1v) is 15.8. The van der Waals surface area contributed by atoms with Crippen LogP contribution in [0, 0.1) is 17.3 Å². The van der Waals surface area contributed by atoms with Crippen molar-refractivity contribution in [3.63, 3.8) is 0 Å². The van der Waals surface area contributed by atoms with Crippen LogP contribution in [0.1, 0.15) is 66.4 Å². The molecule has 3 aliphatic heterocycles. The van der Waals surface area contributed by atoms with Crippen molar-refractivity contribution in [1.82, 2.24) is 10.2 Å². The van der Waals surface area contributed by atoms with Gasteiger partial charge in [0.1, 0.15) is 17.4 Å². The molecule has 3 N–H and O–H groups in total. The average molecular weight is 606 g/mol. The molecule has 3 heterocycles. The molecule has 3 saturated heterocycles. The second kappa shape index (κ2) is 12.2. The number of aliphatic hydroxyl groups is 1. The van der Waals surface area contributed by atoms with Crippen molar-refractivity contribution in [2.24, 2.45) is 17.3 Å². The Balaban J connectivity index is 1.48. The molecule has 3 amide bonds. The number of ether oxygens (including phenoxy) is 2. The number of anilines is 1.